The third-order valence-electron chi connectivity index (χ3n) is 2.88. The van der Waals surface area contributed by atoms with Crippen molar-refractivity contribution in [1.29, 1.82) is 0 Å². The second-order valence-corrected chi connectivity index (χ2v) is 4.74. The van der Waals surface area contributed by atoms with Gasteiger partial charge in [-0.05, 0) is 42.5 Å². The van der Waals surface area contributed by atoms with Gasteiger partial charge in [0.2, 0.25) is 0 Å². The molecule has 3 N–H and O–H groups in total. The van der Waals surface area contributed by atoms with E-state index in [1.807, 2.05) is 0 Å². The standard InChI is InChI=1S/C14H10ClN3O2/c15-9-2-4-10(5-3-9)16-13(19)8-1-6-11-12(7-8)18-14(20)17-11/h1-7H,(H,16,19)(H2,17,18,20). The van der Waals surface area contributed by atoms with Crippen molar-refractivity contribution < 1.29 is 4.79 Å². The number of rotatable bonds is 2. The summed E-state index contributed by atoms with van der Waals surface area (Å²) in [6.07, 6.45) is 0. The lowest BCUT2D eigenvalue weighted by Gasteiger charge is -2.05. The Bertz CT molecular complexity index is 833. The number of hydrogen-bond acceptors (Lipinski definition) is 2. The Hall–Kier alpha value is -2.53. The van der Waals surface area contributed by atoms with Crippen molar-refractivity contribution in [3.63, 3.8) is 0 Å². The number of amides is 1. The van der Waals surface area contributed by atoms with Crippen molar-refractivity contribution >= 4 is 34.2 Å². The van der Waals surface area contributed by atoms with Gasteiger partial charge in [-0.15, -0.1) is 0 Å². The fourth-order valence-corrected chi connectivity index (χ4v) is 2.04. The largest absolute Gasteiger partial charge is 0.323 e. The highest BCUT2D eigenvalue weighted by Gasteiger charge is 2.08. The molecular weight excluding hydrogens is 278 g/mol. The Balaban J connectivity index is 1.88. The van der Waals surface area contributed by atoms with Crippen LogP contribution in [-0.4, -0.2) is 15.9 Å². The fourth-order valence-electron chi connectivity index (χ4n) is 1.91. The van der Waals surface area contributed by atoms with Crippen LogP contribution in [0.15, 0.2) is 47.3 Å². The lowest BCUT2D eigenvalue weighted by Crippen LogP contribution is -2.11. The van der Waals surface area contributed by atoms with Gasteiger partial charge in [0.15, 0.2) is 0 Å². The fraction of sp³-hybridized carbons (Fsp3) is 0. The number of imidazole rings is 1. The van der Waals surface area contributed by atoms with E-state index in [9.17, 15) is 9.59 Å². The van der Waals surface area contributed by atoms with E-state index in [4.69, 9.17) is 11.6 Å². The molecule has 6 heteroatoms. The summed E-state index contributed by atoms with van der Waals surface area (Å²) in [6.45, 7) is 0. The summed E-state index contributed by atoms with van der Waals surface area (Å²) in [5, 5.41) is 3.36. The van der Waals surface area contributed by atoms with E-state index >= 15 is 0 Å². The van der Waals surface area contributed by atoms with Gasteiger partial charge in [0.1, 0.15) is 0 Å². The molecule has 0 fully saturated rings. The Morgan fingerprint density at radius 2 is 1.70 bits per heavy atom. The summed E-state index contributed by atoms with van der Waals surface area (Å²) in [5.74, 6) is -0.253. The van der Waals surface area contributed by atoms with E-state index in [0.717, 1.165) is 0 Å². The van der Waals surface area contributed by atoms with Crippen molar-refractivity contribution in [3.8, 4) is 0 Å². The summed E-state index contributed by atoms with van der Waals surface area (Å²) in [4.78, 5) is 28.5. The van der Waals surface area contributed by atoms with Gasteiger partial charge in [0.25, 0.3) is 5.91 Å². The highest BCUT2D eigenvalue weighted by molar-refractivity contribution is 6.30. The molecule has 2 aromatic carbocycles. The molecule has 0 saturated carbocycles. The molecule has 0 saturated heterocycles. The summed E-state index contributed by atoms with van der Waals surface area (Å²) < 4.78 is 0. The molecular formula is C14H10ClN3O2. The number of fused-ring (bicyclic) bond motifs is 1. The van der Waals surface area contributed by atoms with Crippen molar-refractivity contribution in [2.24, 2.45) is 0 Å². The van der Waals surface area contributed by atoms with Gasteiger partial charge >= 0.3 is 5.69 Å². The summed E-state index contributed by atoms with van der Waals surface area (Å²) in [5.41, 5.74) is 2.08. The van der Waals surface area contributed by atoms with Gasteiger partial charge in [-0.1, -0.05) is 11.6 Å². The predicted molar refractivity (Wildman–Crippen MR) is 78.3 cm³/mol. The number of benzene rings is 2. The summed E-state index contributed by atoms with van der Waals surface area (Å²) in [7, 11) is 0. The Labute approximate surface area is 118 Å². The maximum absolute atomic E-state index is 12.1. The number of hydrogen-bond donors (Lipinski definition) is 3. The smallest absolute Gasteiger partial charge is 0.322 e. The van der Waals surface area contributed by atoms with Crippen molar-refractivity contribution in [3.05, 3.63) is 63.5 Å². The average molecular weight is 288 g/mol. The molecule has 3 aromatic rings. The molecule has 1 amide bonds. The molecule has 0 unspecified atom stereocenters. The number of aromatic amines is 2. The average Bonchev–Trinajstić information content (AvgIpc) is 2.80. The molecule has 3 rings (SSSR count). The van der Waals surface area contributed by atoms with Crippen molar-refractivity contribution in [2.45, 2.75) is 0 Å². The van der Waals surface area contributed by atoms with E-state index in [-0.39, 0.29) is 11.6 Å². The van der Waals surface area contributed by atoms with Crippen molar-refractivity contribution in [1.82, 2.24) is 9.97 Å². The van der Waals surface area contributed by atoms with Crippen LogP contribution >= 0.6 is 11.6 Å². The lowest BCUT2D eigenvalue weighted by molar-refractivity contribution is 0.102. The van der Waals surface area contributed by atoms with Crippen molar-refractivity contribution in [2.75, 3.05) is 5.32 Å². The molecule has 0 aliphatic rings. The molecule has 100 valence electrons. The zero-order valence-electron chi connectivity index (χ0n) is 10.2. The van der Waals surface area contributed by atoms with E-state index in [1.54, 1.807) is 42.5 Å². The molecule has 5 nitrogen and oxygen atoms in total. The van der Waals surface area contributed by atoms with Gasteiger partial charge in [-0.3, -0.25) is 4.79 Å². The molecule has 0 spiro atoms. The SMILES string of the molecule is O=C(Nc1ccc(Cl)cc1)c1ccc2[nH]c(=O)[nH]c2c1. The number of anilines is 1. The van der Waals surface area contributed by atoms with Gasteiger partial charge in [-0.2, -0.15) is 0 Å². The first kappa shape index (κ1) is 12.5. The minimum absolute atomic E-state index is 0.253. The molecule has 0 radical (unpaired) electrons. The highest BCUT2D eigenvalue weighted by Crippen LogP contribution is 2.16. The van der Waals surface area contributed by atoms with E-state index in [0.29, 0.717) is 27.3 Å². The number of carbonyl (C=O) groups excluding carboxylic acids is 1. The minimum atomic E-state index is -0.296. The number of aromatic nitrogens is 2. The van der Waals surface area contributed by atoms with Crippen LogP contribution in [0.25, 0.3) is 11.0 Å². The lowest BCUT2D eigenvalue weighted by atomic mass is 10.2. The second-order valence-electron chi connectivity index (χ2n) is 4.30. The molecule has 0 atom stereocenters. The Kier molecular flexibility index (Phi) is 3.04. The maximum Gasteiger partial charge on any atom is 0.323 e. The summed E-state index contributed by atoms with van der Waals surface area (Å²) >= 11 is 5.78. The highest BCUT2D eigenvalue weighted by atomic mass is 35.5. The normalized spacial score (nSPS) is 10.7. The third-order valence-corrected chi connectivity index (χ3v) is 3.13. The first-order valence-corrected chi connectivity index (χ1v) is 6.28. The minimum Gasteiger partial charge on any atom is -0.322 e. The first-order valence-electron chi connectivity index (χ1n) is 5.91. The van der Waals surface area contributed by atoms with Gasteiger partial charge in [0.05, 0.1) is 11.0 Å². The summed E-state index contributed by atoms with van der Waals surface area (Å²) in [6, 6.07) is 11.8. The van der Waals surface area contributed by atoms with Gasteiger partial charge in [-0.25, -0.2) is 4.79 Å². The van der Waals surface area contributed by atoms with Gasteiger partial charge in [0, 0.05) is 16.3 Å². The number of carbonyl (C=O) groups is 1. The zero-order chi connectivity index (χ0) is 14.1. The van der Waals surface area contributed by atoms with Crippen LogP contribution in [0.4, 0.5) is 5.69 Å². The monoisotopic (exact) mass is 287 g/mol. The van der Waals surface area contributed by atoms with Crippen LogP contribution in [-0.2, 0) is 0 Å². The molecule has 0 aliphatic heterocycles. The van der Waals surface area contributed by atoms with Crippen LogP contribution in [0.1, 0.15) is 10.4 Å². The molecule has 1 aromatic heterocycles. The van der Waals surface area contributed by atoms with Crippen LogP contribution in [0.5, 0.6) is 0 Å². The Morgan fingerprint density at radius 3 is 2.45 bits per heavy atom. The quantitative estimate of drug-likeness (QED) is 0.678. The van der Waals surface area contributed by atoms with E-state index in [2.05, 4.69) is 15.3 Å². The number of halogens is 1. The Morgan fingerprint density at radius 1 is 1.00 bits per heavy atom. The third kappa shape index (κ3) is 2.44. The van der Waals surface area contributed by atoms with Gasteiger partial charge < -0.3 is 15.3 Å². The maximum atomic E-state index is 12.1. The number of nitrogens with one attached hydrogen (secondary N) is 3. The zero-order valence-corrected chi connectivity index (χ0v) is 11.0. The molecule has 0 aliphatic carbocycles. The molecule has 20 heavy (non-hydrogen) atoms. The predicted octanol–water partition coefficient (Wildman–Crippen LogP) is 2.76. The van der Waals surface area contributed by atoms with E-state index < -0.39 is 0 Å². The van der Waals surface area contributed by atoms with Crippen LogP contribution in [0, 0.1) is 0 Å². The topological polar surface area (TPSA) is 77.8 Å². The molecule has 0 bridgehead atoms. The van der Waals surface area contributed by atoms with Crippen LogP contribution in [0.2, 0.25) is 5.02 Å². The molecule has 1 heterocycles. The van der Waals surface area contributed by atoms with E-state index in [1.165, 1.54) is 0 Å². The van der Waals surface area contributed by atoms with Crippen LogP contribution in [0.3, 0.4) is 0 Å². The first-order chi connectivity index (χ1) is 9.61. The number of H-pyrrole nitrogens is 2. The van der Waals surface area contributed by atoms with Crippen LogP contribution < -0.4 is 11.0 Å². The second kappa shape index (κ2) is 4.86.